The second-order valence-corrected chi connectivity index (χ2v) is 10.9. The summed E-state index contributed by atoms with van der Waals surface area (Å²) in [5, 5.41) is 0.709. The van der Waals surface area contributed by atoms with Crippen LogP contribution in [0.15, 0.2) is 48.9 Å². The molecule has 0 saturated carbocycles. The van der Waals surface area contributed by atoms with Crippen molar-refractivity contribution < 1.29 is 9.59 Å². The van der Waals surface area contributed by atoms with Gasteiger partial charge in [0.1, 0.15) is 17.9 Å². The monoisotopic (exact) mass is 567 g/mol. The fraction of sp³-hybridized carbons (Fsp3) is 0.531. The molecular formula is C32H46ClN5O2. The molecular weight excluding hydrogens is 522 g/mol. The number of likely N-dealkylation sites (N-methyl/N-ethyl adjacent to an activating group) is 1. The van der Waals surface area contributed by atoms with Gasteiger partial charge in [-0.15, -0.1) is 0 Å². The largest absolute Gasteiger partial charge is 0.348 e. The molecule has 0 amide bonds. The van der Waals surface area contributed by atoms with Crippen LogP contribution in [-0.4, -0.2) is 70.2 Å². The molecule has 3 aliphatic heterocycles. The van der Waals surface area contributed by atoms with E-state index in [1.54, 1.807) is 6.92 Å². The summed E-state index contributed by atoms with van der Waals surface area (Å²) in [6.07, 6.45) is 12.8. The van der Waals surface area contributed by atoms with E-state index < -0.39 is 0 Å². The first kappa shape index (κ1) is 31.6. The van der Waals surface area contributed by atoms with Crippen LogP contribution in [0.4, 0.5) is 5.95 Å². The summed E-state index contributed by atoms with van der Waals surface area (Å²) in [5.74, 6) is 2.22. The van der Waals surface area contributed by atoms with Crippen LogP contribution in [0.2, 0.25) is 5.02 Å². The number of likely N-dealkylation sites (tertiary alicyclic amines) is 2. The van der Waals surface area contributed by atoms with E-state index in [1.807, 2.05) is 55.9 Å². The van der Waals surface area contributed by atoms with Crippen molar-refractivity contribution in [2.45, 2.75) is 84.7 Å². The SMILES string of the molecule is C=C1C=C(N2CCCC2C=O)N(CCCCC)c2nc(-c3ccc(Cl)cc3)cn21.CC.CC(=O)C1CCCN1C. The molecule has 2 saturated heterocycles. The second-order valence-electron chi connectivity index (χ2n) is 10.4. The van der Waals surface area contributed by atoms with Crippen LogP contribution in [0.3, 0.4) is 0 Å². The first-order chi connectivity index (χ1) is 19.3. The van der Waals surface area contributed by atoms with E-state index in [4.69, 9.17) is 16.6 Å². The minimum atomic E-state index is -0.0695. The number of hydrogen-bond acceptors (Lipinski definition) is 6. The third-order valence-corrected chi connectivity index (χ3v) is 7.93. The zero-order chi connectivity index (χ0) is 29.2. The normalized spacial score (nSPS) is 20.2. The van der Waals surface area contributed by atoms with Gasteiger partial charge in [-0.25, -0.2) is 4.98 Å². The molecule has 3 aliphatic rings. The molecule has 5 rings (SSSR count). The van der Waals surface area contributed by atoms with Crippen LogP contribution in [0, 0.1) is 0 Å². The van der Waals surface area contributed by atoms with Gasteiger partial charge in [-0.1, -0.05) is 63.9 Å². The van der Waals surface area contributed by atoms with E-state index in [9.17, 15) is 9.59 Å². The van der Waals surface area contributed by atoms with Crippen molar-refractivity contribution in [1.29, 1.82) is 0 Å². The maximum absolute atomic E-state index is 11.6. The molecule has 8 heteroatoms. The number of nitrogens with zero attached hydrogens (tertiary/aromatic N) is 5. The molecule has 40 heavy (non-hydrogen) atoms. The number of carbonyl (C=O) groups is 2. The van der Waals surface area contributed by atoms with Gasteiger partial charge in [0.05, 0.1) is 17.8 Å². The summed E-state index contributed by atoms with van der Waals surface area (Å²) >= 11 is 6.05. The van der Waals surface area contributed by atoms with E-state index in [0.29, 0.717) is 10.8 Å². The Balaban J connectivity index is 0.000000339. The van der Waals surface area contributed by atoms with Gasteiger partial charge in [0.25, 0.3) is 0 Å². The molecule has 1 aromatic carbocycles. The highest BCUT2D eigenvalue weighted by Crippen LogP contribution is 2.36. The zero-order valence-electron chi connectivity index (χ0n) is 24.9. The number of hydrogen-bond donors (Lipinski definition) is 0. The summed E-state index contributed by atoms with van der Waals surface area (Å²) in [6, 6.07) is 7.89. The number of imidazole rings is 1. The van der Waals surface area contributed by atoms with E-state index in [1.165, 1.54) is 6.42 Å². The number of benzene rings is 1. The van der Waals surface area contributed by atoms with Gasteiger partial charge in [-0.05, 0) is 64.8 Å². The van der Waals surface area contributed by atoms with Gasteiger partial charge in [-0.3, -0.25) is 19.2 Å². The van der Waals surface area contributed by atoms with Crippen molar-refractivity contribution in [2.75, 3.05) is 31.6 Å². The van der Waals surface area contributed by atoms with Gasteiger partial charge in [0, 0.05) is 41.6 Å². The Labute approximate surface area is 245 Å². The Morgan fingerprint density at radius 1 is 1.12 bits per heavy atom. The maximum Gasteiger partial charge on any atom is 0.216 e. The zero-order valence-corrected chi connectivity index (χ0v) is 25.7. The first-order valence-corrected chi connectivity index (χ1v) is 15.2. The molecule has 0 spiro atoms. The smallest absolute Gasteiger partial charge is 0.216 e. The number of carbonyl (C=O) groups excluding carboxylic acids is 2. The van der Waals surface area contributed by atoms with Gasteiger partial charge >= 0.3 is 0 Å². The topological polar surface area (TPSA) is 61.7 Å². The molecule has 0 N–H and O–H groups in total. The Kier molecular flexibility index (Phi) is 12.0. The lowest BCUT2D eigenvalue weighted by Gasteiger charge is -2.38. The highest BCUT2D eigenvalue weighted by molar-refractivity contribution is 6.30. The molecule has 4 heterocycles. The van der Waals surface area contributed by atoms with E-state index in [2.05, 4.69) is 34.3 Å². The summed E-state index contributed by atoms with van der Waals surface area (Å²) < 4.78 is 2.05. The maximum atomic E-state index is 11.6. The predicted octanol–water partition coefficient (Wildman–Crippen LogP) is 6.88. The molecule has 0 aliphatic carbocycles. The summed E-state index contributed by atoms with van der Waals surface area (Å²) in [4.78, 5) is 34.0. The lowest BCUT2D eigenvalue weighted by molar-refractivity contribution is -0.120. The number of unbranched alkanes of at least 4 members (excludes halogenated alkanes) is 2. The summed E-state index contributed by atoms with van der Waals surface area (Å²) in [6.45, 7) is 15.0. The fourth-order valence-electron chi connectivity index (χ4n) is 5.55. The molecule has 2 unspecified atom stereocenters. The van der Waals surface area contributed by atoms with E-state index in [0.717, 1.165) is 93.2 Å². The van der Waals surface area contributed by atoms with Crippen molar-refractivity contribution in [3.63, 3.8) is 0 Å². The lowest BCUT2D eigenvalue weighted by Crippen LogP contribution is -2.42. The highest BCUT2D eigenvalue weighted by atomic mass is 35.5. The average molecular weight is 568 g/mol. The van der Waals surface area contributed by atoms with Gasteiger partial charge < -0.3 is 9.69 Å². The number of allylic oxidation sites excluding steroid dienone is 2. The third kappa shape index (κ3) is 7.43. The number of halogens is 1. The van der Waals surface area contributed by atoms with E-state index in [-0.39, 0.29) is 12.1 Å². The summed E-state index contributed by atoms with van der Waals surface area (Å²) in [5.41, 5.74) is 2.78. The number of aromatic nitrogens is 2. The molecule has 1 aromatic heterocycles. The number of rotatable bonds is 8. The van der Waals surface area contributed by atoms with Crippen LogP contribution in [0.25, 0.3) is 17.0 Å². The molecule has 218 valence electrons. The lowest BCUT2D eigenvalue weighted by atomic mass is 10.1. The standard InChI is InChI=1S/C23H27ClN4O.C7H13NO.C2H6/c1-3-4-5-12-27-22(26-13-6-7-20(26)16-29)14-17(2)28-15-21(25-23(27)28)18-8-10-19(24)11-9-18;1-6(9)7-4-3-5-8(7)2;1-2/h8-11,14-16,20H,2-7,12-13H2,1H3;7H,3-5H2,1-2H3;1-2H3. The minimum absolute atomic E-state index is 0.0695. The summed E-state index contributed by atoms with van der Waals surface area (Å²) in [7, 11) is 2.01. The molecule has 2 fully saturated rings. The van der Waals surface area contributed by atoms with E-state index >= 15 is 0 Å². The van der Waals surface area contributed by atoms with Crippen molar-refractivity contribution in [2.24, 2.45) is 0 Å². The van der Waals surface area contributed by atoms with Crippen LogP contribution >= 0.6 is 11.6 Å². The number of fused-ring (bicyclic) bond motifs is 1. The molecule has 7 nitrogen and oxygen atoms in total. The van der Waals surface area contributed by atoms with Crippen molar-refractivity contribution in [1.82, 2.24) is 19.4 Å². The fourth-order valence-corrected chi connectivity index (χ4v) is 5.67. The van der Waals surface area contributed by atoms with Gasteiger partial charge in [0.2, 0.25) is 5.95 Å². The molecule has 2 atom stereocenters. The van der Waals surface area contributed by atoms with Crippen molar-refractivity contribution in [3.05, 3.63) is 54.0 Å². The van der Waals surface area contributed by atoms with Crippen LogP contribution in [-0.2, 0) is 9.59 Å². The average Bonchev–Trinajstić information content (AvgIpc) is 3.71. The molecule has 0 bridgehead atoms. The quantitative estimate of drug-likeness (QED) is 0.256. The molecule has 0 radical (unpaired) electrons. The number of ketones is 1. The Hall–Kier alpha value is -2.90. The second kappa shape index (κ2) is 15.2. The van der Waals surface area contributed by atoms with Crippen molar-refractivity contribution >= 4 is 35.3 Å². The number of aldehydes is 1. The Bertz CT molecular complexity index is 1170. The highest BCUT2D eigenvalue weighted by Gasteiger charge is 2.33. The Morgan fingerprint density at radius 2 is 1.82 bits per heavy atom. The minimum Gasteiger partial charge on any atom is -0.348 e. The van der Waals surface area contributed by atoms with Gasteiger partial charge in [-0.2, -0.15) is 0 Å². The van der Waals surface area contributed by atoms with Crippen LogP contribution in [0.5, 0.6) is 0 Å². The molecule has 2 aromatic rings. The number of Topliss-reactive ketones (excluding diaryl/α,β-unsaturated/α-hetero) is 1. The first-order valence-electron chi connectivity index (χ1n) is 14.8. The van der Waals surface area contributed by atoms with Crippen molar-refractivity contribution in [3.8, 4) is 11.3 Å². The Morgan fingerprint density at radius 3 is 2.40 bits per heavy atom. The third-order valence-electron chi connectivity index (χ3n) is 7.68. The van der Waals surface area contributed by atoms with Gasteiger partial charge in [0.15, 0.2) is 0 Å². The predicted molar refractivity (Wildman–Crippen MR) is 166 cm³/mol. The number of anilines is 1. The van der Waals surface area contributed by atoms with Crippen LogP contribution < -0.4 is 4.90 Å². The van der Waals surface area contributed by atoms with Crippen LogP contribution in [0.1, 0.15) is 72.6 Å².